The highest BCUT2D eigenvalue weighted by Crippen LogP contribution is 2.24. The van der Waals surface area contributed by atoms with Crippen LogP contribution in [0.3, 0.4) is 0 Å². The minimum Gasteiger partial charge on any atom is -0.508 e. The fourth-order valence-corrected chi connectivity index (χ4v) is 1.41. The number of sulfonamides is 1. The molecule has 13 heavy (non-hydrogen) atoms. The van der Waals surface area contributed by atoms with Gasteiger partial charge < -0.3 is 10.2 Å². The molecule has 0 aliphatic carbocycles. The Balaban J connectivity index is 3.03. The first kappa shape index (κ1) is 9.66. The van der Waals surface area contributed by atoms with Gasteiger partial charge in [-0.15, -0.1) is 0 Å². The Kier molecular flexibility index (Phi) is 2.33. The standard InChI is InChI=1S/C7H9NO4S/c1-13(11,12)8-5-2-6(9)4-7(10)3-5/h2-4,8-10H,1H3. The van der Waals surface area contributed by atoms with Gasteiger partial charge in [0, 0.05) is 18.2 Å². The third-order valence-corrected chi connectivity index (χ3v) is 1.81. The van der Waals surface area contributed by atoms with Crippen LogP contribution in [0.2, 0.25) is 0 Å². The summed E-state index contributed by atoms with van der Waals surface area (Å²) in [5.74, 6) is -0.405. The summed E-state index contributed by atoms with van der Waals surface area (Å²) < 4.78 is 23.6. The first-order valence-corrected chi connectivity index (χ1v) is 5.27. The van der Waals surface area contributed by atoms with E-state index in [2.05, 4.69) is 4.72 Å². The molecule has 0 bridgehead atoms. The molecule has 1 aromatic carbocycles. The van der Waals surface area contributed by atoms with Crippen LogP contribution in [-0.2, 0) is 10.0 Å². The van der Waals surface area contributed by atoms with Crippen molar-refractivity contribution in [2.45, 2.75) is 0 Å². The monoisotopic (exact) mass is 203 g/mol. The molecular weight excluding hydrogens is 194 g/mol. The minimum atomic E-state index is -3.38. The van der Waals surface area contributed by atoms with Gasteiger partial charge in [0.25, 0.3) is 0 Å². The lowest BCUT2D eigenvalue weighted by Crippen LogP contribution is -2.09. The van der Waals surface area contributed by atoms with Crippen LogP contribution in [-0.4, -0.2) is 24.9 Å². The Bertz CT molecular complexity index is 392. The number of rotatable bonds is 2. The van der Waals surface area contributed by atoms with Crippen molar-refractivity contribution in [1.29, 1.82) is 0 Å². The lowest BCUT2D eigenvalue weighted by Gasteiger charge is -2.04. The second-order valence-electron chi connectivity index (χ2n) is 2.61. The molecular formula is C7H9NO4S. The van der Waals surface area contributed by atoms with Crippen LogP contribution in [0.5, 0.6) is 11.5 Å². The van der Waals surface area contributed by atoms with Gasteiger partial charge in [0.2, 0.25) is 10.0 Å². The maximum atomic E-state index is 10.7. The molecule has 0 spiro atoms. The van der Waals surface area contributed by atoms with Gasteiger partial charge in [-0.3, -0.25) is 4.72 Å². The number of aromatic hydroxyl groups is 2. The van der Waals surface area contributed by atoms with Crippen LogP contribution in [0.1, 0.15) is 0 Å². The molecule has 0 fully saturated rings. The van der Waals surface area contributed by atoms with Crippen LogP contribution in [0, 0.1) is 0 Å². The zero-order valence-corrected chi connectivity index (χ0v) is 7.67. The van der Waals surface area contributed by atoms with Gasteiger partial charge in [-0.25, -0.2) is 8.42 Å². The predicted octanol–water partition coefficient (Wildman–Crippen LogP) is 0.469. The highest BCUT2D eigenvalue weighted by molar-refractivity contribution is 7.92. The summed E-state index contributed by atoms with van der Waals surface area (Å²) in [6.07, 6.45) is 0.980. The molecule has 3 N–H and O–H groups in total. The van der Waals surface area contributed by atoms with E-state index >= 15 is 0 Å². The van der Waals surface area contributed by atoms with Gasteiger partial charge in [-0.1, -0.05) is 0 Å². The summed E-state index contributed by atoms with van der Waals surface area (Å²) in [6.45, 7) is 0. The Labute approximate surface area is 75.7 Å². The van der Waals surface area contributed by atoms with Gasteiger partial charge in [-0.05, 0) is 0 Å². The van der Waals surface area contributed by atoms with Crippen molar-refractivity contribution in [3.05, 3.63) is 18.2 Å². The first-order valence-electron chi connectivity index (χ1n) is 3.37. The maximum Gasteiger partial charge on any atom is 0.229 e. The highest BCUT2D eigenvalue weighted by atomic mass is 32.2. The number of benzene rings is 1. The summed E-state index contributed by atoms with van der Waals surface area (Å²) >= 11 is 0. The molecule has 72 valence electrons. The van der Waals surface area contributed by atoms with E-state index in [1.807, 2.05) is 0 Å². The highest BCUT2D eigenvalue weighted by Gasteiger charge is 2.03. The summed E-state index contributed by atoms with van der Waals surface area (Å²) in [5.41, 5.74) is 0.125. The normalized spacial score (nSPS) is 11.2. The van der Waals surface area contributed by atoms with E-state index in [1.165, 1.54) is 12.1 Å². The predicted molar refractivity (Wildman–Crippen MR) is 48.2 cm³/mol. The van der Waals surface area contributed by atoms with Crippen LogP contribution >= 0.6 is 0 Å². The van der Waals surface area contributed by atoms with Crippen LogP contribution in [0.4, 0.5) is 5.69 Å². The van der Waals surface area contributed by atoms with Crippen LogP contribution in [0.25, 0.3) is 0 Å². The largest absolute Gasteiger partial charge is 0.508 e. The zero-order valence-electron chi connectivity index (χ0n) is 6.85. The fraction of sp³-hybridized carbons (Fsp3) is 0.143. The molecule has 1 aromatic rings. The van der Waals surface area contributed by atoms with Crippen molar-refractivity contribution in [2.75, 3.05) is 11.0 Å². The summed E-state index contributed by atoms with van der Waals surface area (Å²) in [6, 6.07) is 3.50. The Morgan fingerprint density at radius 2 is 1.62 bits per heavy atom. The number of nitrogens with one attached hydrogen (secondary N) is 1. The van der Waals surface area contributed by atoms with E-state index in [4.69, 9.17) is 10.2 Å². The number of anilines is 1. The van der Waals surface area contributed by atoms with E-state index in [1.54, 1.807) is 0 Å². The molecule has 0 saturated heterocycles. The van der Waals surface area contributed by atoms with Gasteiger partial charge in [0.05, 0.1) is 11.9 Å². The molecule has 0 aliphatic heterocycles. The Morgan fingerprint density at radius 3 is 2.00 bits per heavy atom. The quantitative estimate of drug-likeness (QED) is 0.652. The van der Waals surface area contributed by atoms with Crippen molar-refractivity contribution < 1.29 is 18.6 Å². The fourth-order valence-electron chi connectivity index (χ4n) is 0.868. The lowest BCUT2D eigenvalue weighted by molar-refractivity contribution is 0.451. The second kappa shape index (κ2) is 3.14. The molecule has 5 nitrogen and oxygen atoms in total. The molecule has 0 aliphatic rings. The van der Waals surface area contributed by atoms with Crippen molar-refractivity contribution in [2.24, 2.45) is 0 Å². The topological polar surface area (TPSA) is 86.6 Å². The van der Waals surface area contributed by atoms with Crippen molar-refractivity contribution >= 4 is 15.7 Å². The van der Waals surface area contributed by atoms with E-state index in [0.29, 0.717) is 0 Å². The lowest BCUT2D eigenvalue weighted by atomic mass is 10.3. The first-order chi connectivity index (χ1) is 5.87. The number of phenols is 2. The van der Waals surface area contributed by atoms with Crippen molar-refractivity contribution in [3.8, 4) is 11.5 Å². The average molecular weight is 203 g/mol. The molecule has 0 aromatic heterocycles. The Hall–Kier alpha value is -1.43. The molecule has 0 amide bonds. The van der Waals surface area contributed by atoms with E-state index in [0.717, 1.165) is 12.3 Å². The van der Waals surface area contributed by atoms with Crippen molar-refractivity contribution in [1.82, 2.24) is 0 Å². The third kappa shape index (κ3) is 3.20. The Morgan fingerprint density at radius 1 is 1.15 bits per heavy atom. The van der Waals surface area contributed by atoms with E-state index < -0.39 is 10.0 Å². The van der Waals surface area contributed by atoms with Crippen LogP contribution < -0.4 is 4.72 Å². The molecule has 0 radical (unpaired) electrons. The molecule has 0 atom stereocenters. The van der Waals surface area contributed by atoms with Crippen LogP contribution in [0.15, 0.2) is 18.2 Å². The number of hydrogen-bond acceptors (Lipinski definition) is 4. The second-order valence-corrected chi connectivity index (χ2v) is 4.36. The number of hydrogen-bond donors (Lipinski definition) is 3. The summed E-state index contributed by atoms with van der Waals surface area (Å²) in [5, 5.41) is 18.0. The van der Waals surface area contributed by atoms with E-state index in [-0.39, 0.29) is 17.2 Å². The third-order valence-electron chi connectivity index (χ3n) is 1.21. The minimum absolute atomic E-state index is 0.125. The zero-order chi connectivity index (χ0) is 10.1. The molecule has 0 saturated carbocycles. The van der Waals surface area contributed by atoms with Gasteiger partial charge in [0.1, 0.15) is 11.5 Å². The molecule has 0 unspecified atom stereocenters. The molecule has 0 heterocycles. The van der Waals surface area contributed by atoms with E-state index in [9.17, 15) is 8.42 Å². The van der Waals surface area contributed by atoms with Crippen molar-refractivity contribution in [3.63, 3.8) is 0 Å². The van der Waals surface area contributed by atoms with Gasteiger partial charge >= 0.3 is 0 Å². The molecule has 1 rings (SSSR count). The van der Waals surface area contributed by atoms with Gasteiger partial charge in [-0.2, -0.15) is 0 Å². The smallest absolute Gasteiger partial charge is 0.229 e. The summed E-state index contributed by atoms with van der Waals surface area (Å²) in [7, 11) is -3.38. The number of phenolic OH excluding ortho intramolecular Hbond substituents is 2. The maximum absolute atomic E-state index is 10.7. The SMILES string of the molecule is CS(=O)(=O)Nc1cc(O)cc(O)c1. The summed E-state index contributed by atoms with van der Waals surface area (Å²) in [4.78, 5) is 0. The average Bonchev–Trinajstić information content (AvgIpc) is 1.78. The molecule has 6 heteroatoms. The van der Waals surface area contributed by atoms with Gasteiger partial charge in [0.15, 0.2) is 0 Å².